The highest BCUT2D eigenvalue weighted by Gasteiger charge is 2.47. The van der Waals surface area contributed by atoms with Crippen molar-refractivity contribution in [1.82, 2.24) is 14.1 Å². The van der Waals surface area contributed by atoms with Crippen LogP contribution in [0, 0.1) is 0 Å². The molecule has 7 N–H and O–H groups in total. The Bertz CT molecular complexity index is 1710. The number of hydrogen-bond acceptors (Lipinski definition) is 13. The Morgan fingerprint density at radius 1 is 0.907 bits per heavy atom. The maximum absolute atomic E-state index is 13.2. The van der Waals surface area contributed by atoms with Crippen LogP contribution >= 0.6 is 23.5 Å². The Labute approximate surface area is 241 Å². The molecule has 1 aromatic carbocycles. The van der Waals surface area contributed by atoms with Crippen molar-refractivity contribution in [3.63, 3.8) is 0 Å². The van der Waals surface area contributed by atoms with Crippen LogP contribution in [0.5, 0.6) is 0 Å². The molecule has 1 aliphatic rings. The van der Waals surface area contributed by atoms with E-state index in [1.165, 1.54) is 6.20 Å². The van der Waals surface area contributed by atoms with E-state index in [4.69, 9.17) is 14.5 Å². The molecule has 1 saturated heterocycles. The number of phosphoric ester groups is 1. The molecule has 43 heavy (non-hydrogen) atoms. The fraction of sp³-hybridized carbons (Fsp3) is 0.286. The highest BCUT2D eigenvalue weighted by molar-refractivity contribution is 7.66. The SMILES string of the molecule is O=c1ccn([C@@H]2O[C@H](COP(=O)(O)OP(=O)(O)OP(=O)(O)O)[C@H](O)[C@@H]2O)c(=O)n1Cc1cc(Nc2ccccc2)ccn1. The Hall–Kier alpha value is -2.86. The van der Waals surface area contributed by atoms with Crippen molar-refractivity contribution >= 4 is 34.8 Å². The molecule has 22 heteroatoms. The van der Waals surface area contributed by atoms with Gasteiger partial charge >= 0.3 is 29.2 Å². The van der Waals surface area contributed by atoms with Gasteiger partial charge in [0, 0.05) is 29.8 Å². The Morgan fingerprint density at radius 3 is 2.28 bits per heavy atom. The summed E-state index contributed by atoms with van der Waals surface area (Å²) in [6.45, 7) is -1.37. The second-order valence-electron chi connectivity index (χ2n) is 8.89. The average molecular weight is 666 g/mol. The zero-order chi connectivity index (χ0) is 31.6. The fourth-order valence-corrected chi connectivity index (χ4v) is 6.96. The minimum atomic E-state index is -5.79. The molecule has 0 bridgehead atoms. The van der Waals surface area contributed by atoms with E-state index < -0.39 is 65.9 Å². The first-order chi connectivity index (χ1) is 20.0. The monoisotopic (exact) mass is 666 g/mol. The van der Waals surface area contributed by atoms with Crippen LogP contribution in [0.15, 0.2) is 70.5 Å². The number of aliphatic hydroxyl groups is 2. The van der Waals surface area contributed by atoms with E-state index in [1.54, 1.807) is 12.1 Å². The summed E-state index contributed by atoms with van der Waals surface area (Å²) < 4.78 is 52.8. The van der Waals surface area contributed by atoms with Gasteiger partial charge in [0.05, 0.1) is 18.8 Å². The van der Waals surface area contributed by atoms with E-state index in [0.717, 1.165) is 27.1 Å². The Balaban J connectivity index is 1.48. The smallest absolute Gasteiger partial charge is 0.387 e. The highest BCUT2D eigenvalue weighted by atomic mass is 31.3. The van der Waals surface area contributed by atoms with E-state index in [9.17, 15) is 43.3 Å². The molecule has 1 aliphatic heterocycles. The van der Waals surface area contributed by atoms with Gasteiger partial charge in [-0.05, 0) is 24.3 Å². The standard InChI is InChI=1S/C21H25N4O15P3/c26-17-7-9-24(21(29)25(17)11-15-10-14(6-8-22-15)23-13-4-2-1-3-5-13)20-19(28)18(27)16(38-20)12-37-42(33,34)40-43(35,36)39-41(30,31)32/h1-10,16,18-20,27-28H,11-12H2,(H,22,23)(H,33,34)(H,35,36)(H2,30,31,32)/t16-,18+,19+,20-/m1/s1. The molecular weight excluding hydrogens is 641 g/mol. The topological polar surface area (TPSA) is 278 Å². The third kappa shape index (κ3) is 8.84. The Morgan fingerprint density at radius 2 is 1.60 bits per heavy atom. The normalized spacial score (nSPS) is 23.4. The van der Waals surface area contributed by atoms with Gasteiger partial charge < -0.3 is 39.8 Å². The number of aliphatic hydroxyl groups excluding tert-OH is 2. The van der Waals surface area contributed by atoms with Crippen molar-refractivity contribution in [1.29, 1.82) is 0 Å². The van der Waals surface area contributed by atoms with Crippen LogP contribution in [0.4, 0.5) is 11.4 Å². The van der Waals surface area contributed by atoms with Crippen LogP contribution in [0.2, 0.25) is 0 Å². The van der Waals surface area contributed by atoms with Gasteiger partial charge in [0.25, 0.3) is 5.56 Å². The first-order valence-corrected chi connectivity index (χ1v) is 16.4. The molecular formula is C21H25N4O15P3. The molecule has 3 heterocycles. The van der Waals surface area contributed by atoms with E-state index in [-0.39, 0.29) is 6.54 Å². The van der Waals surface area contributed by atoms with Crippen LogP contribution in [-0.4, -0.2) is 68.8 Å². The Kier molecular flexibility index (Phi) is 10.0. The van der Waals surface area contributed by atoms with Crippen molar-refractivity contribution in [3.05, 3.63) is 87.5 Å². The number of anilines is 2. The summed E-state index contributed by atoms with van der Waals surface area (Å²) in [5, 5.41) is 24.1. The van der Waals surface area contributed by atoms with Gasteiger partial charge in [-0.3, -0.25) is 23.4 Å². The number of para-hydroxylation sites is 1. The predicted molar refractivity (Wildman–Crippen MR) is 144 cm³/mol. The molecule has 2 unspecified atom stereocenters. The minimum absolute atomic E-state index is 0.288. The lowest BCUT2D eigenvalue weighted by Crippen LogP contribution is -2.43. The van der Waals surface area contributed by atoms with Gasteiger partial charge in [-0.2, -0.15) is 8.62 Å². The number of rotatable bonds is 12. The highest BCUT2D eigenvalue weighted by Crippen LogP contribution is 2.66. The fourth-order valence-electron chi connectivity index (χ4n) is 3.93. The molecule has 1 fully saturated rings. The third-order valence-electron chi connectivity index (χ3n) is 5.72. The quantitative estimate of drug-likeness (QED) is 0.127. The van der Waals surface area contributed by atoms with Gasteiger partial charge in [-0.25, -0.2) is 18.5 Å². The number of nitrogens with one attached hydrogen (secondary N) is 1. The third-order valence-corrected chi connectivity index (χ3v) is 9.53. The van der Waals surface area contributed by atoms with Gasteiger partial charge in [-0.15, -0.1) is 0 Å². The van der Waals surface area contributed by atoms with Gasteiger partial charge in [-0.1, -0.05) is 18.2 Å². The molecule has 0 spiro atoms. The summed E-state index contributed by atoms with van der Waals surface area (Å²) in [4.78, 5) is 66.1. The van der Waals surface area contributed by atoms with Crippen molar-refractivity contribution in [2.75, 3.05) is 11.9 Å². The number of nitrogens with zero attached hydrogens (tertiary/aromatic N) is 3. The van der Waals surface area contributed by atoms with Crippen molar-refractivity contribution in [3.8, 4) is 0 Å². The summed E-state index contributed by atoms with van der Waals surface area (Å²) in [6.07, 6.45) is -4.51. The lowest BCUT2D eigenvalue weighted by Gasteiger charge is -2.19. The number of pyridine rings is 1. The minimum Gasteiger partial charge on any atom is -0.387 e. The van der Waals surface area contributed by atoms with E-state index in [2.05, 4.69) is 23.4 Å². The molecule has 6 atom stereocenters. The summed E-state index contributed by atoms with van der Waals surface area (Å²) >= 11 is 0. The lowest BCUT2D eigenvalue weighted by atomic mass is 10.1. The molecule has 0 amide bonds. The van der Waals surface area contributed by atoms with E-state index in [0.29, 0.717) is 11.4 Å². The molecule has 234 valence electrons. The van der Waals surface area contributed by atoms with E-state index in [1.807, 2.05) is 30.3 Å². The average Bonchev–Trinajstić information content (AvgIpc) is 3.17. The lowest BCUT2D eigenvalue weighted by molar-refractivity contribution is -0.0547. The second-order valence-corrected chi connectivity index (χ2v) is 13.3. The maximum Gasteiger partial charge on any atom is 0.490 e. The number of aromatic nitrogens is 3. The summed E-state index contributed by atoms with van der Waals surface area (Å²) in [7, 11) is -17.0. The van der Waals surface area contributed by atoms with Crippen molar-refractivity contribution in [2.45, 2.75) is 31.1 Å². The molecule has 0 radical (unpaired) electrons. The first-order valence-electron chi connectivity index (χ1n) is 11.9. The van der Waals surface area contributed by atoms with E-state index >= 15 is 0 Å². The van der Waals surface area contributed by atoms with Crippen LogP contribution in [0.25, 0.3) is 0 Å². The van der Waals surface area contributed by atoms with Gasteiger partial charge in [0.15, 0.2) is 6.23 Å². The number of benzene rings is 1. The second kappa shape index (κ2) is 13.0. The van der Waals surface area contributed by atoms with Crippen LogP contribution in [0.1, 0.15) is 11.9 Å². The molecule has 3 aromatic rings. The van der Waals surface area contributed by atoms with Gasteiger partial charge in [0.2, 0.25) is 0 Å². The molecule has 0 saturated carbocycles. The molecule has 0 aliphatic carbocycles. The summed E-state index contributed by atoms with van der Waals surface area (Å²) in [6, 6.07) is 13.5. The summed E-state index contributed by atoms with van der Waals surface area (Å²) in [5.41, 5.74) is 0.0335. The van der Waals surface area contributed by atoms with Gasteiger partial charge in [0.1, 0.15) is 18.3 Å². The van der Waals surface area contributed by atoms with Crippen molar-refractivity contribution < 1.29 is 61.4 Å². The molecule has 4 rings (SSSR count). The number of phosphoric acid groups is 3. The first kappa shape index (κ1) is 33.0. The number of ether oxygens (including phenoxy) is 1. The molecule has 2 aromatic heterocycles. The van der Waals surface area contributed by atoms with Crippen LogP contribution in [0.3, 0.4) is 0 Å². The van der Waals surface area contributed by atoms with Crippen LogP contribution < -0.4 is 16.6 Å². The summed E-state index contributed by atoms with van der Waals surface area (Å²) in [5.74, 6) is 0. The predicted octanol–water partition coefficient (Wildman–Crippen LogP) is 0.159. The zero-order valence-electron chi connectivity index (χ0n) is 21.5. The van der Waals surface area contributed by atoms with Crippen LogP contribution in [-0.2, 0) is 38.1 Å². The number of hydrogen-bond donors (Lipinski definition) is 7. The van der Waals surface area contributed by atoms with Crippen molar-refractivity contribution in [2.24, 2.45) is 0 Å². The molecule has 19 nitrogen and oxygen atoms in total. The zero-order valence-corrected chi connectivity index (χ0v) is 24.2. The maximum atomic E-state index is 13.2. The largest absolute Gasteiger partial charge is 0.490 e.